The van der Waals surface area contributed by atoms with Gasteiger partial charge in [-0.3, -0.25) is 0 Å². The minimum absolute atomic E-state index is 0.212. The minimum Gasteiger partial charge on any atom is -0.436 e. The molecule has 0 atom stereocenters. The maximum Gasteiger partial charge on any atom is 0.259 e. The SMILES string of the molecule is Cc1ccccc1Oc1nncc(Cl)c1Cl. The van der Waals surface area contributed by atoms with Crippen LogP contribution in [0.25, 0.3) is 0 Å². The van der Waals surface area contributed by atoms with E-state index in [9.17, 15) is 0 Å². The lowest BCUT2D eigenvalue weighted by atomic mass is 10.2. The highest BCUT2D eigenvalue weighted by atomic mass is 35.5. The molecule has 0 aliphatic carbocycles. The number of nitrogens with zero attached hydrogens (tertiary/aromatic N) is 2. The fraction of sp³-hybridized carbons (Fsp3) is 0.0909. The van der Waals surface area contributed by atoms with Crippen LogP contribution >= 0.6 is 23.2 Å². The van der Waals surface area contributed by atoms with Crippen molar-refractivity contribution in [3.05, 3.63) is 46.1 Å². The monoisotopic (exact) mass is 254 g/mol. The first-order valence-corrected chi connectivity index (χ1v) is 5.34. The summed E-state index contributed by atoms with van der Waals surface area (Å²) in [6.45, 7) is 1.93. The third-order valence-corrected chi connectivity index (χ3v) is 2.77. The largest absolute Gasteiger partial charge is 0.436 e. The number of rotatable bonds is 2. The van der Waals surface area contributed by atoms with Gasteiger partial charge in [-0.15, -0.1) is 5.10 Å². The molecule has 0 fully saturated rings. The molecule has 1 aromatic carbocycles. The predicted octanol–water partition coefficient (Wildman–Crippen LogP) is 3.88. The molecule has 0 radical (unpaired) electrons. The van der Waals surface area contributed by atoms with E-state index in [0.29, 0.717) is 10.8 Å². The van der Waals surface area contributed by atoms with Crippen LogP contribution in [0, 0.1) is 6.92 Å². The fourth-order valence-corrected chi connectivity index (χ4v) is 1.42. The minimum atomic E-state index is 0.212. The van der Waals surface area contributed by atoms with Crippen LogP contribution in [-0.2, 0) is 0 Å². The molecule has 0 bridgehead atoms. The number of benzene rings is 1. The van der Waals surface area contributed by atoms with Crippen LogP contribution in [0.15, 0.2) is 30.5 Å². The summed E-state index contributed by atoms with van der Waals surface area (Å²) in [5.74, 6) is 0.893. The van der Waals surface area contributed by atoms with Crippen molar-refractivity contribution in [2.24, 2.45) is 0 Å². The van der Waals surface area contributed by atoms with Crippen LogP contribution in [-0.4, -0.2) is 10.2 Å². The molecular weight excluding hydrogens is 247 g/mol. The summed E-state index contributed by atoms with van der Waals surface area (Å²) in [5.41, 5.74) is 0.986. The lowest BCUT2D eigenvalue weighted by Crippen LogP contribution is -1.93. The second kappa shape index (κ2) is 4.68. The van der Waals surface area contributed by atoms with Gasteiger partial charge in [0.2, 0.25) is 0 Å². The summed E-state index contributed by atoms with van der Waals surface area (Å²) in [4.78, 5) is 0. The summed E-state index contributed by atoms with van der Waals surface area (Å²) in [6.07, 6.45) is 1.37. The summed E-state index contributed by atoms with van der Waals surface area (Å²) >= 11 is 11.7. The van der Waals surface area contributed by atoms with E-state index in [0.717, 1.165) is 5.56 Å². The van der Waals surface area contributed by atoms with Gasteiger partial charge in [0, 0.05) is 0 Å². The lowest BCUT2D eigenvalue weighted by Gasteiger charge is -2.08. The Morgan fingerprint density at radius 3 is 2.69 bits per heavy atom. The number of aromatic nitrogens is 2. The van der Waals surface area contributed by atoms with Crippen molar-refractivity contribution < 1.29 is 4.74 Å². The summed E-state index contributed by atoms with van der Waals surface area (Å²) in [7, 11) is 0. The second-order valence-electron chi connectivity index (χ2n) is 3.18. The van der Waals surface area contributed by atoms with E-state index in [1.165, 1.54) is 6.20 Å². The van der Waals surface area contributed by atoms with Gasteiger partial charge in [0.25, 0.3) is 5.88 Å². The van der Waals surface area contributed by atoms with Crippen molar-refractivity contribution in [1.29, 1.82) is 0 Å². The number of ether oxygens (including phenoxy) is 1. The zero-order valence-corrected chi connectivity index (χ0v) is 9.96. The molecule has 0 aliphatic rings. The molecule has 0 saturated heterocycles. The van der Waals surface area contributed by atoms with Crippen molar-refractivity contribution in [2.45, 2.75) is 6.92 Å². The molecule has 0 spiro atoms. The van der Waals surface area contributed by atoms with Gasteiger partial charge >= 0.3 is 0 Å². The van der Waals surface area contributed by atoms with E-state index in [2.05, 4.69) is 10.2 Å². The van der Waals surface area contributed by atoms with E-state index >= 15 is 0 Å². The molecule has 5 heteroatoms. The topological polar surface area (TPSA) is 35.0 Å². The smallest absolute Gasteiger partial charge is 0.259 e. The first-order chi connectivity index (χ1) is 7.68. The van der Waals surface area contributed by atoms with Gasteiger partial charge in [0.1, 0.15) is 10.8 Å². The highest BCUT2D eigenvalue weighted by Gasteiger charge is 2.10. The third kappa shape index (κ3) is 2.26. The summed E-state index contributed by atoms with van der Waals surface area (Å²) < 4.78 is 5.53. The molecular formula is C11H8Cl2N2O. The number of halogens is 2. The zero-order valence-electron chi connectivity index (χ0n) is 8.45. The van der Waals surface area contributed by atoms with Crippen LogP contribution < -0.4 is 4.74 Å². The Morgan fingerprint density at radius 1 is 1.19 bits per heavy atom. The molecule has 0 aliphatic heterocycles. The lowest BCUT2D eigenvalue weighted by molar-refractivity contribution is 0.452. The number of hydrogen-bond acceptors (Lipinski definition) is 3. The number of aryl methyl sites for hydroxylation is 1. The third-order valence-electron chi connectivity index (χ3n) is 2.02. The molecule has 0 N–H and O–H groups in total. The van der Waals surface area contributed by atoms with Crippen LogP contribution in [0.4, 0.5) is 0 Å². The molecule has 82 valence electrons. The standard InChI is InChI=1S/C11H8Cl2N2O/c1-7-4-2-3-5-9(7)16-11-10(13)8(12)6-14-15-11/h2-6H,1H3. The van der Waals surface area contributed by atoms with E-state index < -0.39 is 0 Å². The van der Waals surface area contributed by atoms with Gasteiger partial charge in [0.15, 0.2) is 0 Å². The van der Waals surface area contributed by atoms with Crippen molar-refractivity contribution in [3.8, 4) is 11.6 Å². The Balaban J connectivity index is 2.35. The molecule has 0 amide bonds. The van der Waals surface area contributed by atoms with Gasteiger partial charge in [-0.05, 0) is 18.6 Å². The average molecular weight is 255 g/mol. The normalized spacial score (nSPS) is 10.2. The number of hydrogen-bond donors (Lipinski definition) is 0. The Bertz CT molecular complexity index is 517. The highest BCUT2D eigenvalue weighted by molar-refractivity contribution is 6.42. The molecule has 3 nitrogen and oxygen atoms in total. The molecule has 2 aromatic rings. The van der Waals surface area contributed by atoms with E-state index in [-0.39, 0.29) is 10.9 Å². The van der Waals surface area contributed by atoms with Crippen LogP contribution in [0.3, 0.4) is 0 Å². The Kier molecular flexibility index (Phi) is 3.27. The van der Waals surface area contributed by atoms with E-state index in [4.69, 9.17) is 27.9 Å². The molecule has 1 heterocycles. The predicted molar refractivity (Wildman–Crippen MR) is 63.3 cm³/mol. The molecule has 1 aromatic heterocycles. The summed E-state index contributed by atoms with van der Waals surface area (Å²) in [5, 5.41) is 8.05. The zero-order chi connectivity index (χ0) is 11.5. The van der Waals surface area contributed by atoms with Crippen molar-refractivity contribution >= 4 is 23.2 Å². The van der Waals surface area contributed by atoms with Crippen molar-refractivity contribution in [2.75, 3.05) is 0 Å². The van der Waals surface area contributed by atoms with E-state index in [1.54, 1.807) is 0 Å². The van der Waals surface area contributed by atoms with Gasteiger partial charge in [-0.2, -0.15) is 5.10 Å². The van der Waals surface area contributed by atoms with Crippen molar-refractivity contribution in [3.63, 3.8) is 0 Å². The van der Waals surface area contributed by atoms with Gasteiger partial charge in [-0.25, -0.2) is 0 Å². The van der Waals surface area contributed by atoms with Crippen LogP contribution in [0.2, 0.25) is 10.0 Å². The fourth-order valence-electron chi connectivity index (χ4n) is 1.18. The molecule has 16 heavy (non-hydrogen) atoms. The Morgan fingerprint density at radius 2 is 1.94 bits per heavy atom. The first kappa shape index (κ1) is 11.2. The second-order valence-corrected chi connectivity index (χ2v) is 3.96. The van der Waals surface area contributed by atoms with Crippen LogP contribution in [0.1, 0.15) is 5.56 Å². The first-order valence-electron chi connectivity index (χ1n) is 4.58. The maximum atomic E-state index is 5.94. The number of para-hydroxylation sites is 1. The van der Waals surface area contributed by atoms with Crippen LogP contribution in [0.5, 0.6) is 11.6 Å². The maximum absolute atomic E-state index is 5.94. The van der Waals surface area contributed by atoms with Gasteiger partial charge < -0.3 is 4.74 Å². The molecule has 0 saturated carbocycles. The Labute approximate surface area is 103 Å². The molecule has 2 rings (SSSR count). The summed E-state index contributed by atoms with van der Waals surface area (Å²) in [6, 6.07) is 7.55. The van der Waals surface area contributed by atoms with E-state index in [1.807, 2.05) is 31.2 Å². The average Bonchev–Trinajstić information content (AvgIpc) is 2.28. The highest BCUT2D eigenvalue weighted by Crippen LogP contribution is 2.32. The van der Waals surface area contributed by atoms with Gasteiger partial charge in [-0.1, -0.05) is 41.4 Å². The van der Waals surface area contributed by atoms with Gasteiger partial charge in [0.05, 0.1) is 11.2 Å². The molecule has 0 unspecified atom stereocenters. The Hall–Kier alpha value is -1.32. The van der Waals surface area contributed by atoms with Crippen molar-refractivity contribution in [1.82, 2.24) is 10.2 Å². The quantitative estimate of drug-likeness (QED) is 0.816.